The van der Waals surface area contributed by atoms with E-state index in [9.17, 15) is 14.0 Å². The Labute approximate surface area is 131 Å². The lowest BCUT2D eigenvalue weighted by Crippen LogP contribution is -2.22. The summed E-state index contributed by atoms with van der Waals surface area (Å²) in [5.41, 5.74) is 0.652. The zero-order chi connectivity index (χ0) is 16.1. The SMILES string of the molecule is C[C@H](Sc1ccccc1C(=O)O)C(=O)Nc1ccc(F)cc1. The molecule has 2 aromatic carbocycles. The smallest absolute Gasteiger partial charge is 0.336 e. The van der Waals surface area contributed by atoms with Crippen molar-refractivity contribution in [1.82, 2.24) is 0 Å². The van der Waals surface area contributed by atoms with Crippen molar-refractivity contribution in [3.63, 3.8) is 0 Å². The molecule has 114 valence electrons. The molecule has 0 radical (unpaired) electrons. The molecule has 2 N–H and O–H groups in total. The second kappa shape index (κ2) is 7.09. The molecule has 2 rings (SSSR count). The summed E-state index contributed by atoms with van der Waals surface area (Å²) in [6.45, 7) is 1.68. The summed E-state index contributed by atoms with van der Waals surface area (Å²) in [4.78, 5) is 23.8. The maximum absolute atomic E-state index is 12.8. The molecule has 0 aliphatic heterocycles. The van der Waals surface area contributed by atoms with Crippen molar-refractivity contribution < 1.29 is 19.1 Å². The van der Waals surface area contributed by atoms with E-state index in [0.29, 0.717) is 10.6 Å². The lowest BCUT2D eigenvalue weighted by molar-refractivity contribution is -0.115. The quantitative estimate of drug-likeness (QED) is 0.826. The Bertz CT molecular complexity index is 688. The number of aromatic carboxylic acids is 1. The number of nitrogens with one attached hydrogen (secondary N) is 1. The number of amides is 1. The van der Waals surface area contributed by atoms with Gasteiger partial charge in [0, 0.05) is 10.6 Å². The molecule has 0 unspecified atom stereocenters. The third kappa shape index (κ3) is 4.08. The predicted molar refractivity (Wildman–Crippen MR) is 83.8 cm³/mol. The third-order valence-corrected chi connectivity index (χ3v) is 4.08. The average Bonchev–Trinajstić information content (AvgIpc) is 2.49. The molecule has 1 atom stereocenters. The summed E-state index contributed by atoms with van der Waals surface area (Å²) < 4.78 is 12.8. The van der Waals surface area contributed by atoms with Crippen molar-refractivity contribution >= 4 is 29.3 Å². The second-order valence-electron chi connectivity index (χ2n) is 4.56. The van der Waals surface area contributed by atoms with Crippen molar-refractivity contribution in [1.29, 1.82) is 0 Å². The molecule has 0 fully saturated rings. The van der Waals surface area contributed by atoms with Crippen LogP contribution in [0.3, 0.4) is 0 Å². The Morgan fingerprint density at radius 1 is 1.14 bits per heavy atom. The van der Waals surface area contributed by atoms with Gasteiger partial charge in [-0.2, -0.15) is 0 Å². The number of anilines is 1. The molecule has 0 spiro atoms. The van der Waals surface area contributed by atoms with Gasteiger partial charge in [-0.25, -0.2) is 9.18 Å². The van der Waals surface area contributed by atoms with Gasteiger partial charge in [0.25, 0.3) is 0 Å². The van der Waals surface area contributed by atoms with E-state index in [1.165, 1.54) is 30.3 Å². The van der Waals surface area contributed by atoms with Crippen LogP contribution in [0.5, 0.6) is 0 Å². The summed E-state index contributed by atoms with van der Waals surface area (Å²) in [5, 5.41) is 11.3. The normalized spacial score (nSPS) is 11.7. The zero-order valence-electron chi connectivity index (χ0n) is 11.7. The maximum Gasteiger partial charge on any atom is 0.336 e. The van der Waals surface area contributed by atoms with E-state index in [4.69, 9.17) is 5.11 Å². The van der Waals surface area contributed by atoms with Gasteiger partial charge in [-0.1, -0.05) is 12.1 Å². The number of rotatable bonds is 5. The first-order valence-electron chi connectivity index (χ1n) is 6.53. The number of carbonyl (C=O) groups is 2. The van der Waals surface area contributed by atoms with E-state index in [0.717, 1.165) is 11.8 Å². The van der Waals surface area contributed by atoms with Crippen LogP contribution in [0.1, 0.15) is 17.3 Å². The molecule has 0 saturated carbocycles. The summed E-state index contributed by atoms with van der Waals surface area (Å²) >= 11 is 1.16. The lowest BCUT2D eigenvalue weighted by atomic mass is 10.2. The minimum atomic E-state index is -1.03. The number of hydrogen-bond donors (Lipinski definition) is 2. The topological polar surface area (TPSA) is 66.4 Å². The minimum absolute atomic E-state index is 0.161. The molecule has 2 aromatic rings. The van der Waals surface area contributed by atoms with E-state index >= 15 is 0 Å². The Kier molecular flexibility index (Phi) is 5.16. The summed E-state index contributed by atoms with van der Waals surface area (Å²) in [6, 6.07) is 12.0. The van der Waals surface area contributed by atoms with Gasteiger partial charge >= 0.3 is 5.97 Å². The third-order valence-electron chi connectivity index (χ3n) is 2.90. The van der Waals surface area contributed by atoms with Gasteiger partial charge in [-0.15, -0.1) is 11.8 Å². The molecule has 0 saturated heterocycles. The minimum Gasteiger partial charge on any atom is -0.478 e. The number of halogens is 1. The van der Waals surface area contributed by atoms with Crippen LogP contribution < -0.4 is 5.32 Å². The Morgan fingerprint density at radius 2 is 1.77 bits per heavy atom. The number of carboxylic acid groups (broad SMARTS) is 1. The van der Waals surface area contributed by atoms with Crippen molar-refractivity contribution in [3.8, 4) is 0 Å². The molecule has 0 heterocycles. The largest absolute Gasteiger partial charge is 0.478 e. The molecule has 0 aromatic heterocycles. The number of hydrogen-bond acceptors (Lipinski definition) is 3. The van der Waals surface area contributed by atoms with E-state index in [2.05, 4.69) is 5.32 Å². The van der Waals surface area contributed by atoms with Gasteiger partial charge in [0.05, 0.1) is 10.8 Å². The zero-order valence-corrected chi connectivity index (χ0v) is 12.6. The standard InChI is InChI=1S/C16H14FNO3S/c1-10(15(19)18-12-8-6-11(17)7-9-12)22-14-5-3-2-4-13(14)16(20)21/h2-10H,1H3,(H,18,19)(H,20,21)/t10-/m0/s1. The highest BCUT2D eigenvalue weighted by Gasteiger charge is 2.18. The first kappa shape index (κ1) is 16.0. The van der Waals surface area contributed by atoms with Gasteiger partial charge in [-0.05, 0) is 43.3 Å². The van der Waals surface area contributed by atoms with Gasteiger partial charge in [-0.3, -0.25) is 4.79 Å². The molecule has 1 amide bonds. The highest BCUT2D eigenvalue weighted by molar-refractivity contribution is 8.00. The molecule has 6 heteroatoms. The summed E-state index contributed by atoms with van der Waals surface area (Å²) in [6.07, 6.45) is 0. The van der Waals surface area contributed by atoms with Crippen LogP contribution in [-0.2, 0) is 4.79 Å². The molecule has 0 aliphatic carbocycles. The van der Waals surface area contributed by atoms with E-state index in [1.807, 2.05) is 0 Å². The van der Waals surface area contributed by atoms with Crippen molar-refractivity contribution in [2.45, 2.75) is 17.1 Å². The van der Waals surface area contributed by atoms with Crippen LogP contribution in [0.2, 0.25) is 0 Å². The summed E-state index contributed by atoms with van der Waals surface area (Å²) in [5.74, 6) is -1.69. The molecule has 0 bridgehead atoms. The first-order chi connectivity index (χ1) is 10.5. The Morgan fingerprint density at radius 3 is 2.41 bits per heavy atom. The van der Waals surface area contributed by atoms with Crippen LogP contribution in [0.4, 0.5) is 10.1 Å². The predicted octanol–water partition coefficient (Wildman–Crippen LogP) is 3.64. The molecular weight excluding hydrogens is 305 g/mol. The number of carboxylic acids is 1. The average molecular weight is 319 g/mol. The lowest BCUT2D eigenvalue weighted by Gasteiger charge is -2.13. The fourth-order valence-corrected chi connectivity index (χ4v) is 2.75. The fourth-order valence-electron chi connectivity index (χ4n) is 1.77. The molecule has 22 heavy (non-hydrogen) atoms. The Hall–Kier alpha value is -2.34. The molecule has 0 aliphatic rings. The first-order valence-corrected chi connectivity index (χ1v) is 7.41. The Balaban J connectivity index is 2.05. The summed E-state index contributed by atoms with van der Waals surface area (Å²) in [7, 11) is 0. The van der Waals surface area contributed by atoms with E-state index in [1.54, 1.807) is 25.1 Å². The van der Waals surface area contributed by atoms with Crippen molar-refractivity contribution in [3.05, 3.63) is 59.9 Å². The van der Waals surface area contributed by atoms with E-state index in [-0.39, 0.29) is 17.3 Å². The number of thioether (sulfide) groups is 1. The maximum atomic E-state index is 12.8. The second-order valence-corrected chi connectivity index (χ2v) is 5.94. The van der Waals surface area contributed by atoms with Crippen LogP contribution in [0, 0.1) is 5.82 Å². The fraction of sp³-hybridized carbons (Fsp3) is 0.125. The van der Waals surface area contributed by atoms with Gasteiger partial charge < -0.3 is 10.4 Å². The van der Waals surface area contributed by atoms with Gasteiger partial charge in [0.2, 0.25) is 5.91 Å². The van der Waals surface area contributed by atoms with Crippen LogP contribution >= 0.6 is 11.8 Å². The molecule has 4 nitrogen and oxygen atoms in total. The van der Waals surface area contributed by atoms with Crippen molar-refractivity contribution in [2.75, 3.05) is 5.32 Å². The monoisotopic (exact) mass is 319 g/mol. The van der Waals surface area contributed by atoms with E-state index < -0.39 is 11.2 Å². The number of carbonyl (C=O) groups excluding carboxylic acids is 1. The van der Waals surface area contributed by atoms with Crippen LogP contribution in [0.15, 0.2) is 53.4 Å². The van der Waals surface area contributed by atoms with Crippen molar-refractivity contribution in [2.24, 2.45) is 0 Å². The van der Waals surface area contributed by atoms with Crippen LogP contribution in [0.25, 0.3) is 0 Å². The highest BCUT2D eigenvalue weighted by atomic mass is 32.2. The highest BCUT2D eigenvalue weighted by Crippen LogP contribution is 2.27. The number of benzene rings is 2. The van der Waals surface area contributed by atoms with Crippen LogP contribution in [-0.4, -0.2) is 22.2 Å². The molecular formula is C16H14FNO3S. The van der Waals surface area contributed by atoms with Gasteiger partial charge in [0.15, 0.2) is 0 Å². The van der Waals surface area contributed by atoms with Gasteiger partial charge in [0.1, 0.15) is 5.82 Å².